The maximum absolute atomic E-state index is 10.4. The highest BCUT2D eigenvalue weighted by Crippen LogP contribution is 2.49. The van der Waals surface area contributed by atoms with Crippen LogP contribution in [-0.4, -0.2) is 23.8 Å². The zero-order chi connectivity index (χ0) is 9.19. The molecule has 0 spiro atoms. The predicted molar refractivity (Wildman–Crippen MR) is 45.0 cm³/mol. The minimum absolute atomic E-state index is 0.0178. The SMILES string of the molecule is CC(C)OCC1(CC(=O)O)CC1. The van der Waals surface area contributed by atoms with E-state index in [0.717, 1.165) is 12.8 Å². The van der Waals surface area contributed by atoms with Crippen LogP contribution in [-0.2, 0) is 9.53 Å². The maximum atomic E-state index is 10.4. The van der Waals surface area contributed by atoms with Gasteiger partial charge in [-0.3, -0.25) is 4.79 Å². The third-order valence-electron chi connectivity index (χ3n) is 2.21. The van der Waals surface area contributed by atoms with Crippen LogP contribution in [0.15, 0.2) is 0 Å². The summed E-state index contributed by atoms with van der Waals surface area (Å²) in [6, 6.07) is 0. The van der Waals surface area contributed by atoms with Crippen molar-refractivity contribution in [2.45, 2.75) is 39.2 Å². The number of ether oxygens (including phenoxy) is 1. The summed E-state index contributed by atoms with van der Waals surface area (Å²) in [4.78, 5) is 10.4. The Morgan fingerprint density at radius 2 is 2.17 bits per heavy atom. The van der Waals surface area contributed by atoms with Crippen LogP contribution in [0.1, 0.15) is 33.1 Å². The molecular weight excluding hydrogens is 156 g/mol. The Hall–Kier alpha value is -0.570. The molecule has 1 fully saturated rings. The van der Waals surface area contributed by atoms with Gasteiger partial charge in [0.1, 0.15) is 0 Å². The molecule has 0 aliphatic heterocycles. The van der Waals surface area contributed by atoms with Crippen LogP contribution in [0.25, 0.3) is 0 Å². The first-order valence-corrected chi connectivity index (χ1v) is 4.37. The van der Waals surface area contributed by atoms with E-state index >= 15 is 0 Å². The Balaban J connectivity index is 2.25. The molecule has 1 N–H and O–H groups in total. The Bertz CT molecular complexity index is 171. The van der Waals surface area contributed by atoms with Crippen molar-refractivity contribution in [3.8, 4) is 0 Å². The molecule has 12 heavy (non-hydrogen) atoms. The Labute approximate surface area is 72.7 Å². The standard InChI is InChI=1S/C9H16O3/c1-7(2)12-6-9(3-4-9)5-8(10)11/h7H,3-6H2,1-2H3,(H,10,11). The second-order valence-corrected chi connectivity index (χ2v) is 3.93. The van der Waals surface area contributed by atoms with E-state index in [1.165, 1.54) is 0 Å². The summed E-state index contributed by atoms with van der Waals surface area (Å²) >= 11 is 0. The fourth-order valence-electron chi connectivity index (χ4n) is 1.21. The summed E-state index contributed by atoms with van der Waals surface area (Å²) < 4.78 is 5.41. The van der Waals surface area contributed by atoms with Gasteiger partial charge in [0.05, 0.1) is 19.1 Å². The van der Waals surface area contributed by atoms with E-state index < -0.39 is 5.97 Å². The van der Waals surface area contributed by atoms with Crippen molar-refractivity contribution in [1.82, 2.24) is 0 Å². The Morgan fingerprint density at radius 3 is 2.50 bits per heavy atom. The minimum Gasteiger partial charge on any atom is -0.481 e. The molecule has 3 nitrogen and oxygen atoms in total. The van der Waals surface area contributed by atoms with E-state index in [4.69, 9.17) is 9.84 Å². The molecule has 0 unspecified atom stereocenters. The summed E-state index contributed by atoms with van der Waals surface area (Å²) in [5, 5.41) is 8.60. The van der Waals surface area contributed by atoms with Crippen molar-refractivity contribution in [2.24, 2.45) is 5.41 Å². The molecule has 0 bridgehead atoms. The molecule has 0 atom stereocenters. The van der Waals surface area contributed by atoms with Crippen LogP contribution in [0.2, 0.25) is 0 Å². The van der Waals surface area contributed by atoms with Crippen molar-refractivity contribution in [2.75, 3.05) is 6.61 Å². The van der Waals surface area contributed by atoms with E-state index in [2.05, 4.69) is 0 Å². The molecule has 0 heterocycles. The fraction of sp³-hybridized carbons (Fsp3) is 0.889. The lowest BCUT2D eigenvalue weighted by molar-refractivity contribution is -0.139. The molecule has 0 saturated heterocycles. The van der Waals surface area contributed by atoms with Crippen molar-refractivity contribution in [3.63, 3.8) is 0 Å². The van der Waals surface area contributed by atoms with Gasteiger partial charge in [0.2, 0.25) is 0 Å². The molecule has 0 aromatic rings. The number of carboxylic acids is 1. The van der Waals surface area contributed by atoms with Gasteiger partial charge in [0, 0.05) is 5.41 Å². The van der Waals surface area contributed by atoms with Crippen LogP contribution in [0.3, 0.4) is 0 Å². The molecule has 1 aliphatic rings. The monoisotopic (exact) mass is 172 g/mol. The van der Waals surface area contributed by atoms with E-state index in [1.54, 1.807) is 0 Å². The van der Waals surface area contributed by atoms with Gasteiger partial charge in [-0.05, 0) is 26.7 Å². The van der Waals surface area contributed by atoms with Gasteiger partial charge in [-0.25, -0.2) is 0 Å². The van der Waals surface area contributed by atoms with Crippen molar-refractivity contribution >= 4 is 5.97 Å². The van der Waals surface area contributed by atoms with Crippen molar-refractivity contribution in [1.29, 1.82) is 0 Å². The maximum Gasteiger partial charge on any atom is 0.303 e. The molecule has 0 amide bonds. The zero-order valence-corrected chi connectivity index (χ0v) is 7.67. The van der Waals surface area contributed by atoms with Crippen molar-refractivity contribution in [3.05, 3.63) is 0 Å². The second kappa shape index (κ2) is 3.44. The van der Waals surface area contributed by atoms with E-state index in [9.17, 15) is 4.79 Å². The fourth-order valence-corrected chi connectivity index (χ4v) is 1.21. The Morgan fingerprint density at radius 1 is 1.58 bits per heavy atom. The second-order valence-electron chi connectivity index (χ2n) is 3.93. The predicted octanol–water partition coefficient (Wildman–Crippen LogP) is 1.67. The van der Waals surface area contributed by atoms with Gasteiger partial charge >= 0.3 is 5.97 Å². The number of aliphatic carboxylic acids is 1. The van der Waals surface area contributed by atoms with Gasteiger partial charge < -0.3 is 9.84 Å². The number of rotatable bonds is 5. The van der Waals surface area contributed by atoms with Gasteiger partial charge in [-0.2, -0.15) is 0 Å². The first-order chi connectivity index (χ1) is 5.54. The zero-order valence-electron chi connectivity index (χ0n) is 7.67. The third-order valence-corrected chi connectivity index (χ3v) is 2.21. The highest BCUT2D eigenvalue weighted by molar-refractivity contribution is 5.68. The van der Waals surface area contributed by atoms with Gasteiger partial charge in [0.25, 0.3) is 0 Å². The summed E-state index contributed by atoms with van der Waals surface area (Å²) in [6.45, 7) is 4.55. The Kier molecular flexibility index (Phi) is 2.73. The van der Waals surface area contributed by atoms with E-state index in [-0.39, 0.29) is 17.9 Å². The summed E-state index contributed by atoms with van der Waals surface area (Å²) in [7, 11) is 0. The van der Waals surface area contributed by atoms with Crippen molar-refractivity contribution < 1.29 is 14.6 Å². The highest BCUT2D eigenvalue weighted by atomic mass is 16.5. The van der Waals surface area contributed by atoms with Gasteiger partial charge in [-0.1, -0.05) is 0 Å². The third kappa shape index (κ3) is 2.81. The quantitative estimate of drug-likeness (QED) is 0.686. The molecule has 1 rings (SSSR count). The first-order valence-electron chi connectivity index (χ1n) is 4.37. The molecule has 0 aromatic heterocycles. The van der Waals surface area contributed by atoms with Gasteiger partial charge in [0.15, 0.2) is 0 Å². The summed E-state index contributed by atoms with van der Waals surface area (Å²) in [5.41, 5.74) is -0.0178. The molecule has 1 saturated carbocycles. The molecule has 70 valence electrons. The van der Waals surface area contributed by atoms with E-state index in [0.29, 0.717) is 6.61 Å². The molecular formula is C9H16O3. The van der Waals surface area contributed by atoms with Crippen LogP contribution in [0.4, 0.5) is 0 Å². The minimum atomic E-state index is -0.708. The highest BCUT2D eigenvalue weighted by Gasteiger charge is 2.44. The van der Waals surface area contributed by atoms with Crippen LogP contribution in [0, 0.1) is 5.41 Å². The molecule has 3 heteroatoms. The molecule has 1 aliphatic carbocycles. The largest absolute Gasteiger partial charge is 0.481 e. The number of carbonyl (C=O) groups is 1. The first kappa shape index (κ1) is 9.52. The lowest BCUT2D eigenvalue weighted by atomic mass is 10.0. The average Bonchev–Trinajstić information content (AvgIpc) is 2.64. The van der Waals surface area contributed by atoms with Crippen LogP contribution >= 0.6 is 0 Å². The number of carboxylic acid groups (broad SMARTS) is 1. The topological polar surface area (TPSA) is 46.5 Å². The van der Waals surface area contributed by atoms with Crippen LogP contribution < -0.4 is 0 Å². The molecule has 0 radical (unpaired) electrons. The average molecular weight is 172 g/mol. The summed E-state index contributed by atoms with van der Waals surface area (Å²) in [5.74, 6) is -0.708. The lowest BCUT2D eigenvalue weighted by Crippen LogP contribution is -2.18. The summed E-state index contributed by atoms with van der Waals surface area (Å²) in [6.07, 6.45) is 2.48. The normalized spacial score (nSPS) is 19.6. The van der Waals surface area contributed by atoms with E-state index in [1.807, 2.05) is 13.8 Å². The number of hydrogen-bond acceptors (Lipinski definition) is 2. The van der Waals surface area contributed by atoms with Gasteiger partial charge in [-0.15, -0.1) is 0 Å². The number of hydrogen-bond donors (Lipinski definition) is 1. The smallest absolute Gasteiger partial charge is 0.303 e. The molecule has 0 aromatic carbocycles. The lowest BCUT2D eigenvalue weighted by Gasteiger charge is -2.14. The van der Waals surface area contributed by atoms with Crippen LogP contribution in [0.5, 0.6) is 0 Å².